The smallest absolute Gasteiger partial charge is 0.341 e. The minimum Gasteiger partial charge on any atom is -0.489 e. The van der Waals surface area contributed by atoms with E-state index in [1.807, 2.05) is 6.07 Å². The Hall–Kier alpha value is -3.61. The number of rotatable bonds is 5. The second-order valence-electron chi connectivity index (χ2n) is 5.47. The van der Waals surface area contributed by atoms with Crippen molar-refractivity contribution in [2.45, 2.75) is 6.61 Å². The molecule has 0 saturated heterocycles. The van der Waals surface area contributed by atoms with Crippen LogP contribution in [0.25, 0.3) is 10.9 Å². The van der Waals surface area contributed by atoms with Gasteiger partial charge in [-0.1, -0.05) is 18.2 Å². The summed E-state index contributed by atoms with van der Waals surface area (Å²) in [5.41, 5.74) is 6.49. The number of aromatic carboxylic acids is 1. The van der Waals surface area contributed by atoms with E-state index in [1.165, 1.54) is 6.07 Å². The number of aromatic amines is 1. The molecular weight excluding hydrogens is 322 g/mol. The monoisotopic (exact) mass is 337 g/mol. The van der Waals surface area contributed by atoms with Gasteiger partial charge in [0.05, 0.1) is 0 Å². The van der Waals surface area contributed by atoms with Crippen LogP contribution < -0.4 is 16.0 Å². The number of nitrogens with one attached hydrogen (secondary N) is 2. The molecular formula is C18H15N3O4. The van der Waals surface area contributed by atoms with Gasteiger partial charge >= 0.3 is 5.97 Å². The van der Waals surface area contributed by atoms with Crippen LogP contribution in [0.3, 0.4) is 0 Å². The summed E-state index contributed by atoms with van der Waals surface area (Å²) < 4.78 is 5.71. The van der Waals surface area contributed by atoms with Crippen LogP contribution in [0, 0.1) is 5.41 Å². The molecule has 0 aliphatic heterocycles. The topological polar surface area (TPSA) is 129 Å². The number of carboxylic acid groups (broad SMARTS) is 1. The fourth-order valence-corrected chi connectivity index (χ4v) is 2.43. The highest BCUT2D eigenvalue weighted by Crippen LogP contribution is 2.20. The molecule has 0 unspecified atom stereocenters. The number of nitrogens with two attached hydrogens (primary N) is 1. The van der Waals surface area contributed by atoms with E-state index in [4.69, 9.17) is 21.0 Å². The maximum Gasteiger partial charge on any atom is 0.341 e. The largest absolute Gasteiger partial charge is 0.489 e. The van der Waals surface area contributed by atoms with Gasteiger partial charge in [0, 0.05) is 16.5 Å². The maximum absolute atomic E-state index is 11.7. The Morgan fingerprint density at radius 1 is 1.20 bits per heavy atom. The van der Waals surface area contributed by atoms with Crippen molar-refractivity contribution in [1.82, 2.24) is 4.98 Å². The quantitative estimate of drug-likeness (QED) is 0.418. The molecule has 1 heterocycles. The zero-order chi connectivity index (χ0) is 18.0. The van der Waals surface area contributed by atoms with Crippen molar-refractivity contribution in [3.8, 4) is 5.75 Å². The summed E-state index contributed by atoms with van der Waals surface area (Å²) in [6, 6.07) is 13.5. The average molecular weight is 337 g/mol. The van der Waals surface area contributed by atoms with Crippen molar-refractivity contribution in [1.29, 1.82) is 5.41 Å². The first kappa shape index (κ1) is 16.3. The molecule has 3 rings (SSSR count). The van der Waals surface area contributed by atoms with Crippen LogP contribution in [-0.2, 0) is 6.61 Å². The van der Waals surface area contributed by atoms with Gasteiger partial charge in [-0.15, -0.1) is 0 Å². The minimum atomic E-state index is -1.28. The van der Waals surface area contributed by atoms with E-state index >= 15 is 0 Å². The van der Waals surface area contributed by atoms with E-state index in [1.54, 1.807) is 36.4 Å². The lowest BCUT2D eigenvalue weighted by Crippen LogP contribution is -2.16. The predicted molar refractivity (Wildman–Crippen MR) is 93.3 cm³/mol. The molecule has 0 amide bonds. The van der Waals surface area contributed by atoms with Gasteiger partial charge < -0.3 is 20.6 Å². The van der Waals surface area contributed by atoms with Crippen LogP contribution in [0.5, 0.6) is 5.75 Å². The first-order valence-corrected chi connectivity index (χ1v) is 7.40. The van der Waals surface area contributed by atoms with Crippen LogP contribution in [0.15, 0.2) is 53.3 Å². The van der Waals surface area contributed by atoms with Crippen LogP contribution >= 0.6 is 0 Å². The third-order valence-corrected chi connectivity index (χ3v) is 3.69. The molecule has 3 aromatic rings. The molecule has 126 valence electrons. The highest BCUT2D eigenvalue weighted by Gasteiger charge is 2.10. The first-order valence-electron chi connectivity index (χ1n) is 7.40. The van der Waals surface area contributed by atoms with Gasteiger partial charge in [0.25, 0.3) is 5.56 Å². The molecule has 0 bridgehead atoms. The van der Waals surface area contributed by atoms with Gasteiger partial charge in [0.15, 0.2) is 0 Å². The van der Waals surface area contributed by atoms with Crippen LogP contribution in [0.2, 0.25) is 0 Å². The highest BCUT2D eigenvalue weighted by molar-refractivity contribution is 5.95. The van der Waals surface area contributed by atoms with Crippen molar-refractivity contribution in [2.24, 2.45) is 5.73 Å². The highest BCUT2D eigenvalue weighted by atomic mass is 16.5. The third kappa shape index (κ3) is 3.50. The summed E-state index contributed by atoms with van der Waals surface area (Å²) in [6.07, 6.45) is 0. The number of carboxylic acids is 1. The lowest BCUT2D eigenvalue weighted by Gasteiger charge is -2.09. The predicted octanol–water partition coefficient (Wildman–Crippen LogP) is 2.09. The lowest BCUT2D eigenvalue weighted by atomic mass is 10.1. The third-order valence-electron chi connectivity index (χ3n) is 3.69. The molecule has 7 nitrogen and oxygen atoms in total. The molecule has 0 aliphatic carbocycles. The van der Waals surface area contributed by atoms with Gasteiger partial charge in [-0.2, -0.15) is 0 Å². The van der Waals surface area contributed by atoms with E-state index in [2.05, 4.69) is 4.98 Å². The molecule has 0 fully saturated rings. The summed E-state index contributed by atoms with van der Waals surface area (Å²) in [7, 11) is 0. The number of pyridine rings is 1. The van der Waals surface area contributed by atoms with Crippen LogP contribution in [0.1, 0.15) is 21.5 Å². The Morgan fingerprint density at radius 2 is 2.00 bits per heavy atom. The Labute approximate surface area is 142 Å². The lowest BCUT2D eigenvalue weighted by molar-refractivity contribution is 0.0695. The summed E-state index contributed by atoms with van der Waals surface area (Å²) >= 11 is 0. The SMILES string of the molecule is N=C(N)c1cccc(COc2ccc3[nH]c(=O)c(C(=O)O)cc3c2)c1. The Morgan fingerprint density at radius 3 is 2.72 bits per heavy atom. The molecule has 5 N–H and O–H groups in total. The zero-order valence-electron chi connectivity index (χ0n) is 13.1. The maximum atomic E-state index is 11.7. The van der Waals surface area contributed by atoms with E-state index in [0.29, 0.717) is 22.2 Å². The average Bonchev–Trinajstić information content (AvgIpc) is 2.59. The van der Waals surface area contributed by atoms with Crippen LogP contribution in [-0.4, -0.2) is 21.9 Å². The summed E-state index contributed by atoms with van der Waals surface area (Å²) in [6.45, 7) is 0.266. The van der Waals surface area contributed by atoms with Crippen LogP contribution in [0.4, 0.5) is 0 Å². The number of carbonyl (C=O) groups is 1. The normalized spacial score (nSPS) is 10.6. The van der Waals surface area contributed by atoms with Gasteiger partial charge in [-0.25, -0.2) is 4.79 Å². The van der Waals surface area contributed by atoms with Crippen molar-refractivity contribution in [2.75, 3.05) is 0 Å². The Balaban J connectivity index is 1.85. The summed E-state index contributed by atoms with van der Waals surface area (Å²) in [4.78, 5) is 25.3. The summed E-state index contributed by atoms with van der Waals surface area (Å²) in [5.74, 6) is -0.766. The molecule has 0 radical (unpaired) electrons. The van der Waals surface area contributed by atoms with Gasteiger partial charge in [0.1, 0.15) is 23.8 Å². The minimum absolute atomic E-state index is 0.0160. The van der Waals surface area contributed by atoms with Gasteiger partial charge in [-0.05, 0) is 35.9 Å². The molecule has 25 heavy (non-hydrogen) atoms. The second kappa shape index (κ2) is 6.48. The fourth-order valence-electron chi connectivity index (χ4n) is 2.43. The molecule has 0 aliphatic rings. The second-order valence-corrected chi connectivity index (χ2v) is 5.47. The number of fused-ring (bicyclic) bond motifs is 1. The molecule has 2 aromatic carbocycles. The van der Waals surface area contributed by atoms with Crippen molar-refractivity contribution in [3.63, 3.8) is 0 Å². The standard InChI is InChI=1S/C18H15N3O4/c19-16(20)11-3-1-2-10(6-11)9-25-13-4-5-15-12(7-13)8-14(18(23)24)17(22)21-15/h1-8H,9H2,(H3,19,20)(H,21,22)(H,23,24). The summed E-state index contributed by atoms with van der Waals surface area (Å²) in [5, 5.41) is 17.1. The van der Waals surface area contributed by atoms with Crippen molar-refractivity contribution in [3.05, 3.63) is 75.6 Å². The number of amidine groups is 1. The van der Waals surface area contributed by atoms with Gasteiger partial charge in [-0.3, -0.25) is 10.2 Å². The van der Waals surface area contributed by atoms with Crippen molar-refractivity contribution < 1.29 is 14.6 Å². The number of hydrogen-bond acceptors (Lipinski definition) is 4. The van der Waals surface area contributed by atoms with E-state index < -0.39 is 11.5 Å². The number of hydrogen-bond donors (Lipinski definition) is 4. The number of benzene rings is 2. The Bertz CT molecular complexity index is 1040. The first-order chi connectivity index (χ1) is 11.9. The Kier molecular flexibility index (Phi) is 4.21. The van der Waals surface area contributed by atoms with Gasteiger partial charge in [0.2, 0.25) is 0 Å². The molecule has 0 spiro atoms. The molecule has 0 atom stereocenters. The molecule has 1 aromatic heterocycles. The molecule has 7 heteroatoms. The molecule has 0 saturated carbocycles. The van der Waals surface area contributed by atoms with Crippen molar-refractivity contribution >= 4 is 22.7 Å². The number of ether oxygens (including phenoxy) is 1. The fraction of sp³-hybridized carbons (Fsp3) is 0.0556. The van der Waals surface area contributed by atoms with E-state index in [0.717, 1.165) is 5.56 Å². The van der Waals surface area contributed by atoms with E-state index in [9.17, 15) is 9.59 Å². The number of nitrogen functional groups attached to an aromatic ring is 1. The number of aromatic nitrogens is 1. The number of H-pyrrole nitrogens is 1. The van der Waals surface area contributed by atoms with E-state index in [-0.39, 0.29) is 18.0 Å². The zero-order valence-corrected chi connectivity index (χ0v) is 13.1.